The second-order valence-corrected chi connectivity index (χ2v) is 8.88. The van der Waals surface area contributed by atoms with Crippen LogP contribution in [0, 0.1) is 0 Å². The molecule has 0 unspecified atom stereocenters. The summed E-state index contributed by atoms with van der Waals surface area (Å²) in [4.78, 5) is 25.9. The Bertz CT molecular complexity index is 934. The lowest BCUT2D eigenvalue weighted by atomic mass is 10.0. The number of fused-ring (bicyclic) bond motifs is 1. The molecule has 1 heterocycles. The predicted octanol–water partition coefficient (Wildman–Crippen LogP) is 1.14. The van der Waals surface area contributed by atoms with E-state index in [1.807, 2.05) is 42.5 Å². The Kier molecular flexibility index (Phi) is 5.27. The number of sulfone groups is 1. The number of carbonyl (C=O) groups is 2. The van der Waals surface area contributed by atoms with Gasteiger partial charge in [-0.05, 0) is 22.8 Å². The van der Waals surface area contributed by atoms with E-state index in [9.17, 15) is 18.0 Å². The number of carbonyl (C=O) groups excluding carboxylic acids is 2. The van der Waals surface area contributed by atoms with Crippen molar-refractivity contribution in [2.75, 3.05) is 25.1 Å². The van der Waals surface area contributed by atoms with E-state index in [-0.39, 0.29) is 42.3 Å². The Morgan fingerprint density at radius 3 is 2.62 bits per heavy atom. The normalized spacial score (nSPS) is 18.6. The molecule has 1 saturated heterocycles. The lowest BCUT2D eigenvalue weighted by Gasteiger charge is -2.23. The molecule has 1 fully saturated rings. The maximum absolute atomic E-state index is 12.2. The number of nitrogens with one attached hydrogen (secondary N) is 1. The molecule has 1 atom stereocenters. The topological polar surface area (TPSA) is 83.6 Å². The van der Waals surface area contributed by atoms with E-state index >= 15 is 0 Å². The summed E-state index contributed by atoms with van der Waals surface area (Å²) in [5.74, 6) is -0.400. The molecule has 0 aliphatic carbocycles. The minimum atomic E-state index is -3.05. The van der Waals surface area contributed by atoms with Crippen LogP contribution in [0.15, 0.2) is 42.5 Å². The van der Waals surface area contributed by atoms with Crippen molar-refractivity contribution in [3.63, 3.8) is 0 Å². The van der Waals surface area contributed by atoms with Crippen LogP contribution in [0.5, 0.6) is 0 Å². The van der Waals surface area contributed by atoms with Gasteiger partial charge in [0, 0.05) is 13.1 Å². The lowest BCUT2D eigenvalue weighted by molar-refractivity contribution is -0.133. The summed E-state index contributed by atoms with van der Waals surface area (Å²) < 4.78 is 23.1. The summed E-state index contributed by atoms with van der Waals surface area (Å²) in [6.07, 6.45) is 0.644. The van der Waals surface area contributed by atoms with Gasteiger partial charge in [-0.2, -0.15) is 0 Å². The van der Waals surface area contributed by atoms with Gasteiger partial charge in [0.15, 0.2) is 9.84 Å². The first kappa shape index (κ1) is 18.4. The fraction of sp³-hybridized carbons (Fsp3) is 0.368. The highest BCUT2D eigenvalue weighted by Crippen LogP contribution is 2.19. The summed E-state index contributed by atoms with van der Waals surface area (Å²) in [5.41, 5.74) is 0.906. The van der Waals surface area contributed by atoms with Gasteiger partial charge in [0.2, 0.25) is 11.8 Å². The lowest BCUT2D eigenvalue weighted by Crippen LogP contribution is -2.44. The third-order valence-electron chi connectivity index (χ3n) is 4.82. The molecular formula is C19H22N2O4S. The molecule has 1 aliphatic rings. The monoisotopic (exact) mass is 374 g/mol. The Morgan fingerprint density at radius 1 is 1.15 bits per heavy atom. The highest BCUT2D eigenvalue weighted by molar-refractivity contribution is 7.91. The molecule has 7 heteroatoms. The second-order valence-electron chi connectivity index (χ2n) is 6.65. The van der Waals surface area contributed by atoms with Crippen molar-refractivity contribution in [3.8, 4) is 0 Å². The molecular weight excluding hydrogens is 352 g/mol. The molecule has 1 aliphatic heterocycles. The van der Waals surface area contributed by atoms with E-state index in [0.29, 0.717) is 6.42 Å². The molecule has 2 aromatic carbocycles. The van der Waals surface area contributed by atoms with Gasteiger partial charge < -0.3 is 10.2 Å². The van der Waals surface area contributed by atoms with E-state index < -0.39 is 9.84 Å². The SMILES string of the molecule is CN(C(=O)CNC(=O)Cc1cccc2ccccc12)[C@H]1CCS(=O)(=O)C1. The van der Waals surface area contributed by atoms with Crippen molar-refractivity contribution in [1.29, 1.82) is 0 Å². The average Bonchev–Trinajstić information content (AvgIpc) is 2.99. The number of benzene rings is 2. The van der Waals surface area contributed by atoms with Crippen LogP contribution < -0.4 is 5.32 Å². The van der Waals surface area contributed by atoms with E-state index in [1.54, 1.807) is 7.05 Å². The maximum atomic E-state index is 12.2. The van der Waals surface area contributed by atoms with Crippen molar-refractivity contribution >= 4 is 32.4 Å². The van der Waals surface area contributed by atoms with Crippen LogP contribution in [0.25, 0.3) is 10.8 Å². The van der Waals surface area contributed by atoms with Crippen LogP contribution in [0.4, 0.5) is 0 Å². The van der Waals surface area contributed by atoms with Gasteiger partial charge in [-0.25, -0.2) is 8.42 Å². The summed E-state index contributed by atoms with van der Waals surface area (Å²) in [7, 11) is -1.46. The van der Waals surface area contributed by atoms with Gasteiger partial charge in [-0.3, -0.25) is 9.59 Å². The molecule has 138 valence electrons. The van der Waals surface area contributed by atoms with Crippen molar-refractivity contribution in [1.82, 2.24) is 10.2 Å². The second kappa shape index (κ2) is 7.45. The van der Waals surface area contributed by atoms with E-state index in [1.165, 1.54) is 4.90 Å². The number of amides is 2. The minimum absolute atomic E-state index is 0.000802. The fourth-order valence-corrected chi connectivity index (χ4v) is 5.04. The molecule has 0 spiro atoms. The summed E-state index contributed by atoms with van der Waals surface area (Å²) >= 11 is 0. The van der Waals surface area contributed by atoms with Crippen molar-refractivity contribution in [2.45, 2.75) is 18.9 Å². The fourth-order valence-electron chi connectivity index (χ4n) is 3.27. The molecule has 6 nitrogen and oxygen atoms in total. The van der Waals surface area contributed by atoms with Crippen molar-refractivity contribution in [3.05, 3.63) is 48.0 Å². The van der Waals surface area contributed by atoms with Crippen LogP contribution in [0.2, 0.25) is 0 Å². The standard InChI is InChI=1S/C19H22N2O4S/c1-21(16-9-10-26(24,25)13-16)19(23)12-20-18(22)11-15-7-4-6-14-5-2-3-8-17(14)15/h2-8,16H,9-13H2,1H3,(H,20,22)/t16-/m0/s1. The molecule has 1 N–H and O–H groups in total. The number of hydrogen-bond donors (Lipinski definition) is 1. The Labute approximate surface area is 153 Å². The molecule has 2 aromatic rings. The number of rotatable bonds is 5. The summed E-state index contributed by atoms with van der Waals surface area (Å²) in [5, 5.41) is 4.73. The molecule has 0 radical (unpaired) electrons. The zero-order valence-corrected chi connectivity index (χ0v) is 15.5. The number of hydrogen-bond acceptors (Lipinski definition) is 4. The zero-order chi connectivity index (χ0) is 18.7. The molecule has 0 aromatic heterocycles. The number of nitrogens with zero attached hydrogens (tertiary/aromatic N) is 1. The van der Waals surface area contributed by atoms with Gasteiger partial charge in [-0.1, -0.05) is 42.5 Å². The largest absolute Gasteiger partial charge is 0.347 e. The van der Waals surface area contributed by atoms with Crippen molar-refractivity contribution < 1.29 is 18.0 Å². The number of likely N-dealkylation sites (N-methyl/N-ethyl adjacent to an activating group) is 1. The van der Waals surface area contributed by atoms with Crippen LogP contribution in [0.3, 0.4) is 0 Å². The van der Waals surface area contributed by atoms with Gasteiger partial charge in [0.05, 0.1) is 24.5 Å². The maximum Gasteiger partial charge on any atom is 0.241 e. The van der Waals surface area contributed by atoms with Gasteiger partial charge in [-0.15, -0.1) is 0 Å². The zero-order valence-electron chi connectivity index (χ0n) is 14.6. The smallest absolute Gasteiger partial charge is 0.241 e. The van der Waals surface area contributed by atoms with Crippen molar-refractivity contribution in [2.24, 2.45) is 0 Å². The summed E-state index contributed by atoms with van der Waals surface area (Å²) in [6, 6.07) is 13.3. The average molecular weight is 374 g/mol. The molecule has 0 bridgehead atoms. The first-order valence-electron chi connectivity index (χ1n) is 8.55. The van der Waals surface area contributed by atoms with Crippen LogP contribution in [-0.4, -0.2) is 56.3 Å². The van der Waals surface area contributed by atoms with Gasteiger partial charge >= 0.3 is 0 Å². The molecule has 26 heavy (non-hydrogen) atoms. The minimum Gasteiger partial charge on any atom is -0.347 e. The van der Waals surface area contributed by atoms with Crippen LogP contribution in [-0.2, 0) is 25.8 Å². The van der Waals surface area contributed by atoms with Gasteiger partial charge in [0.1, 0.15) is 0 Å². The third-order valence-corrected chi connectivity index (χ3v) is 6.57. The molecule has 3 rings (SSSR count). The van der Waals surface area contributed by atoms with Crippen LogP contribution in [0.1, 0.15) is 12.0 Å². The van der Waals surface area contributed by atoms with E-state index in [0.717, 1.165) is 16.3 Å². The first-order valence-corrected chi connectivity index (χ1v) is 10.4. The van der Waals surface area contributed by atoms with Gasteiger partial charge in [0.25, 0.3) is 0 Å². The summed E-state index contributed by atoms with van der Waals surface area (Å²) in [6.45, 7) is -0.128. The Morgan fingerprint density at radius 2 is 1.88 bits per heavy atom. The van der Waals surface area contributed by atoms with E-state index in [2.05, 4.69) is 5.32 Å². The predicted molar refractivity (Wildman–Crippen MR) is 100 cm³/mol. The quantitative estimate of drug-likeness (QED) is 0.851. The Balaban J connectivity index is 1.56. The first-order chi connectivity index (χ1) is 12.4. The van der Waals surface area contributed by atoms with E-state index in [4.69, 9.17) is 0 Å². The highest BCUT2D eigenvalue weighted by Gasteiger charge is 2.32. The molecule has 0 saturated carbocycles. The molecule has 2 amide bonds. The van der Waals surface area contributed by atoms with Crippen LogP contribution >= 0.6 is 0 Å². The Hall–Kier alpha value is -2.41. The third kappa shape index (κ3) is 4.22. The highest BCUT2D eigenvalue weighted by atomic mass is 32.2.